The fraction of sp³-hybridized carbons (Fsp3) is 0.882. The Labute approximate surface area is 121 Å². The summed E-state index contributed by atoms with van der Waals surface area (Å²) in [7, 11) is -1.09. The van der Waals surface area contributed by atoms with Crippen molar-refractivity contribution in [3.63, 3.8) is 0 Å². The number of hydrogen-bond acceptors (Lipinski definition) is 0. The molecule has 0 nitrogen and oxygen atoms in total. The van der Waals surface area contributed by atoms with Gasteiger partial charge in [-0.2, -0.15) is 5.82 Å². The molecule has 1 saturated carbocycles. The van der Waals surface area contributed by atoms with Crippen LogP contribution in [0.25, 0.3) is 0 Å². The Hall–Kier alpha value is -0.158. The maximum Gasteiger partial charge on any atom is 0.235 e. The van der Waals surface area contributed by atoms with Crippen LogP contribution in [0.1, 0.15) is 51.4 Å². The van der Waals surface area contributed by atoms with Crippen LogP contribution in [0.15, 0.2) is 0 Å². The van der Waals surface area contributed by atoms with Gasteiger partial charge in [-0.25, -0.2) is 0 Å². The molecule has 3 aliphatic rings. The molecule has 2 bridgehead atoms. The zero-order valence-corrected chi connectivity index (χ0v) is 14.0. The summed E-state index contributed by atoms with van der Waals surface area (Å²) in [5.74, 6) is 10.2. The molecule has 1 atom stereocenters. The van der Waals surface area contributed by atoms with Crippen LogP contribution in [0.5, 0.6) is 0 Å². The fourth-order valence-electron chi connectivity index (χ4n) is 4.77. The van der Waals surface area contributed by atoms with Gasteiger partial charge in [0.15, 0.2) is 0 Å². The summed E-state index contributed by atoms with van der Waals surface area (Å²) in [5.41, 5.74) is 0.980. The Morgan fingerprint density at radius 2 is 1.53 bits per heavy atom. The summed E-state index contributed by atoms with van der Waals surface area (Å²) in [5, 5.41) is 0. The van der Waals surface area contributed by atoms with Gasteiger partial charge in [-0.05, 0) is 24.6 Å². The normalized spacial score (nSPS) is 35.3. The van der Waals surface area contributed by atoms with Crippen molar-refractivity contribution in [1.29, 1.82) is 0 Å². The molecule has 0 radical (unpaired) electrons. The minimum atomic E-state index is -1.09. The van der Waals surface area contributed by atoms with Gasteiger partial charge in [-0.3, -0.25) is 0 Å². The Balaban J connectivity index is 1.91. The lowest BCUT2D eigenvalue weighted by Gasteiger charge is -2.37. The van der Waals surface area contributed by atoms with Crippen molar-refractivity contribution in [3.8, 4) is 11.7 Å². The van der Waals surface area contributed by atoms with Gasteiger partial charge in [0.2, 0.25) is 6.71 Å². The van der Waals surface area contributed by atoms with Crippen molar-refractivity contribution in [1.82, 2.24) is 0 Å². The summed E-state index contributed by atoms with van der Waals surface area (Å²) in [6.07, 6.45) is 11.7. The number of rotatable bonds is 1. The molecule has 104 valence electrons. The van der Waals surface area contributed by atoms with Crippen molar-refractivity contribution >= 4 is 14.8 Å². The maximum atomic E-state index is 3.84. The standard InChI is InChI=1S/C17H29BSi/c1-19(2,3)17-15-6-4-8-16(9-5-7-15)18(17)13-12-14-10-11-14/h14-17H,4-11H2,1-3H3/t15?,16?,17-/m0/s1. The van der Waals surface area contributed by atoms with Crippen molar-refractivity contribution in [2.45, 2.75) is 82.3 Å². The molecule has 3 rings (SSSR count). The van der Waals surface area contributed by atoms with Gasteiger partial charge in [0, 0.05) is 14.0 Å². The minimum Gasteiger partial charge on any atom is -0.155 e. The topological polar surface area (TPSA) is 0 Å². The van der Waals surface area contributed by atoms with Crippen LogP contribution in [0.3, 0.4) is 0 Å². The molecule has 0 spiro atoms. The quantitative estimate of drug-likeness (QED) is 0.463. The van der Waals surface area contributed by atoms with Gasteiger partial charge in [-0.15, -0.1) is 5.92 Å². The largest absolute Gasteiger partial charge is 0.235 e. The third kappa shape index (κ3) is 3.13. The molecule has 1 aliphatic carbocycles. The van der Waals surface area contributed by atoms with E-state index in [4.69, 9.17) is 0 Å². The van der Waals surface area contributed by atoms with Crippen LogP contribution in [-0.2, 0) is 0 Å². The SMILES string of the molecule is C[Si](C)(C)[C@@H]1B(C#CC2CC2)C2CCCC1CCC2. The van der Waals surface area contributed by atoms with Crippen LogP contribution in [-0.4, -0.2) is 14.8 Å². The van der Waals surface area contributed by atoms with E-state index < -0.39 is 8.07 Å². The lowest BCUT2D eigenvalue weighted by atomic mass is 9.38. The fourth-order valence-corrected chi connectivity index (χ4v) is 7.95. The third-order valence-electron chi connectivity index (χ3n) is 5.73. The average molecular weight is 272 g/mol. The second-order valence-electron chi connectivity index (χ2n) is 8.36. The lowest BCUT2D eigenvalue weighted by Crippen LogP contribution is -2.43. The first kappa shape index (κ1) is 13.8. The second kappa shape index (κ2) is 5.32. The Bertz CT molecular complexity index is 372. The highest BCUT2D eigenvalue weighted by Crippen LogP contribution is 2.50. The zero-order valence-electron chi connectivity index (χ0n) is 13.0. The van der Waals surface area contributed by atoms with Gasteiger partial charge >= 0.3 is 0 Å². The Kier molecular flexibility index (Phi) is 3.87. The van der Waals surface area contributed by atoms with E-state index in [1.165, 1.54) is 51.4 Å². The second-order valence-corrected chi connectivity index (χ2v) is 13.8. The molecule has 0 aromatic rings. The molecule has 19 heavy (non-hydrogen) atoms. The van der Waals surface area contributed by atoms with Gasteiger partial charge in [-0.1, -0.05) is 63.6 Å². The smallest absolute Gasteiger partial charge is 0.155 e. The average Bonchev–Trinajstić information content (AvgIpc) is 3.11. The first-order valence-corrected chi connectivity index (χ1v) is 12.1. The predicted molar refractivity (Wildman–Crippen MR) is 88.3 cm³/mol. The maximum absolute atomic E-state index is 3.84. The number of fused-ring (bicyclic) bond motifs is 3. The third-order valence-corrected chi connectivity index (χ3v) is 8.56. The number of hydrogen-bond donors (Lipinski definition) is 0. The van der Waals surface area contributed by atoms with Crippen molar-refractivity contribution in [2.75, 3.05) is 0 Å². The molecule has 0 unspecified atom stereocenters. The van der Waals surface area contributed by atoms with E-state index in [9.17, 15) is 0 Å². The molecule has 0 N–H and O–H groups in total. The molecule has 2 saturated heterocycles. The van der Waals surface area contributed by atoms with Crippen LogP contribution >= 0.6 is 0 Å². The minimum absolute atomic E-state index is 0.766. The molecular weight excluding hydrogens is 243 g/mol. The van der Waals surface area contributed by atoms with Crippen LogP contribution in [0.2, 0.25) is 30.9 Å². The molecule has 0 aromatic carbocycles. The molecular formula is C17H29BSi. The summed E-state index contributed by atoms with van der Waals surface area (Å²) < 4.78 is 0. The van der Waals surface area contributed by atoms with Crippen molar-refractivity contribution in [3.05, 3.63) is 0 Å². The highest BCUT2D eigenvalue weighted by Gasteiger charge is 2.47. The molecule has 0 amide bonds. The van der Waals surface area contributed by atoms with E-state index in [-0.39, 0.29) is 0 Å². The summed E-state index contributed by atoms with van der Waals surface area (Å²) >= 11 is 0. The van der Waals surface area contributed by atoms with Gasteiger partial charge in [0.1, 0.15) is 0 Å². The van der Waals surface area contributed by atoms with Gasteiger partial charge < -0.3 is 0 Å². The molecule has 3 fully saturated rings. The first-order valence-electron chi connectivity index (χ1n) is 8.57. The summed E-state index contributed by atoms with van der Waals surface area (Å²) in [4.78, 5) is 0. The van der Waals surface area contributed by atoms with E-state index in [0.717, 1.165) is 29.8 Å². The van der Waals surface area contributed by atoms with Crippen LogP contribution in [0.4, 0.5) is 0 Å². The Morgan fingerprint density at radius 3 is 2.05 bits per heavy atom. The van der Waals surface area contributed by atoms with Crippen molar-refractivity contribution < 1.29 is 0 Å². The molecule has 2 heteroatoms. The molecule has 2 heterocycles. The van der Waals surface area contributed by atoms with Gasteiger partial charge in [0.25, 0.3) is 0 Å². The monoisotopic (exact) mass is 272 g/mol. The summed E-state index contributed by atoms with van der Waals surface area (Å²) in [6.45, 7) is 8.57. The Morgan fingerprint density at radius 1 is 0.895 bits per heavy atom. The summed E-state index contributed by atoms with van der Waals surface area (Å²) in [6, 6.07) is 0. The van der Waals surface area contributed by atoms with E-state index in [1.807, 2.05) is 0 Å². The van der Waals surface area contributed by atoms with Crippen LogP contribution in [0, 0.1) is 23.6 Å². The van der Waals surface area contributed by atoms with Crippen LogP contribution < -0.4 is 0 Å². The zero-order chi connectivity index (χ0) is 13.5. The molecule has 0 aromatic heterocycles. The van der Waals surface area contributed by atoms with E-state index >= 15 is 0 Å². The first-order chi connectivity index (χ1) is 9.05. The van der Waals surface area contributed by atoms with E-state index in [1.54, 1.807) is 0 Å². The lowest BCUT2D eigenvalue weighted by molar-refractivity contribution is 0.411. The predicted octanol–water partition coefficient (Wildman–Crippen LogP) is 5.04. The van der Waals surface area contributed by atoms with E-state index in [2.05, 4.69) is 31.4 Å². The highest BCUT2D eigenvalue weighted by molar-refractivity contribution is 6.93. The van der Waals surface area contributed by atoms with E-state index in [0.29, 0.717) is 0 Å². The van der Waals surface area contributed by atoms with Crippen molar-refractivity contribution in [2.24, 2.45) is 11.8 Å². The molecule has 2 aliphatic heterocycles. The van der Waals surface area contributed by atoms with Gasteiger partial charge in [0.05, 0.1) is 0 Å². The highest BCUT2D eigenvalue weighted by atomic mass is 28.3.